The highest BCUT2D eigenvalue weighted by Gasteiger charge is 2.32. The number of aliphatic hydroxyl groups excluding tert-OH is 1. The lowest BCUT2D eigenvalue weighted by atomic mass is 10.0. The van der Waals surface area contributed by atoms with Gasteiger partial charge in [0.1, 0.15) is 0 Å². The number of hydrogen-bond donors (Lipinski definition) is 1. The highest BCUT2D eigenvalue weighted by molar-refractivity contribution is 6.07. The highest BCUT2D eigenvalue weighted by atomic mass is 19.4. The molecule has 0 aliphatic carbocycles. The number of fused-ring (bicyclic) bond motifs is 1. The van der Waals surface area contributed by atoms with Crippen molar-refractivity contribution in [3.63, 3.8) is 0 Å². The minimum absolute atomic E-state index is 0.117. The average Bonchev–Trinajstić information content (AvgIpc) is 3.37. The van der Waals surface area contributed by atoms with Crippen LogP contribution in [0.4, 0.5) is 13.2 Å². The first kappa shape index (κ1) is 21.3. The van der Waals surface area contributed by atoms with Gasteiger partial charge in [0.05, 0.1) is 27.9 Å². The fraction of sp³-hybridized carbons (Fsp3) is 0.409. The third-order valence-corrected chi connectivity index (χ3v) is 5.68. The summed E-state index contributed by atoms with van der Waals surface area (Å²) in [5.41, 5.74) is 0.597. The van der Waals surface area contributed by atoms with E-state index in [1.807, 2.05) is 0 Å². The van der Waals surface area contributed by atoms with Crippen LogP contribution in [0.15, 0.2) is 34.9 Å². The summed E-state index contributed by atoms with van der Waals surface area (Å²) in [7, 11) is 0. The Hall–Kier alpha value is -2.94. The summed E-state index contributed by atoms with van der Waals surface area (Å²) in [5, 5.41) is 13.4. The molecule has 0 saturated carbocycles. The van der Waals surface area contributed by atoms with Gasteiger partial charge in [0, 0.05) is 25.3 Å². The van der Waals surface area contributed by atoms with Crippen molar-refractivity contribution in [1.82, 2.24) is 15.0 Å². The molecule has 0 radical (unpaired) electrons. The first-order valence-corrected chi connectivity index (χ1v) is 10.1. The van der Waals surface area contributed by atoms with E-state index >= 15 is 0 Å². The Morgan fingerprint density at radius 1 is 1.32 bits per heavy atom. The number of aryl methyl sites for hydroxylation is 1. The highest BCUT2D eigenvalue weighted by Crippen LogP contribution is 2.34. The normalized spacial score (nSPS) is 16.9. The van der Waals surface area contributed by atoms with Crippen LogP contribution in [0.2, 0.25) is 0 Å². The van der Waals surface area contributed by atoms with E-state index < -0.39 is 11.7 Å². The minimum atomic E-state index is -4.49. The van der Waals surface area contributed by atoms with E-state index in [9.17, 15) is 18.0 Å². The van der Waals surface area contributed by atoms with Crippen LogP contribution in [0.5, 0.6) is 0 Å². The Balaban J connectivity index is 1.73. The molecule has 3 aromatic rings. The molecule has 1 fully saturated rings. The van der Waals surface area contributed by atoms with Gasteiger partial charge < -0.3 is 14.5 Å². The van der Waals surface area contributed by atoms with E-state index in [1.165, 1.54) is 18.2 Å². The van der Waals surface area contributed by atoms with Gasteiger partial charge in [-0.3, -0.25) is 4.79 Å². The molecule has 9 heteroatoms. The van der Waals surface area contributed by atoms with Gasteiger partial charge >= 0.3 is 6.18 Å². The lowest BCUT2D eigenvalue weighted by Crippen LogP contribution is -2.29. The Morgan fingerprint density at radius 2 is 2.13 bits per heavy atom. The minimum Gasteiger partial charge on any atom is -0.396 e. The molecule has 164 valence electrons. The first-order chi connectivity index (χ1) is 14.8. The summed E-state index contributed by atoms with van der Waals surface area (Å²) in [6, 6.07) is 6.34. The van der Waals surface area contributed by atoms with E-state index in [1.54, 1.807) is 11.8 Å². The van der Waals surface area contributed by atoms with Crippen LogP contribution in [-0.2, 0) is 6.18 Å². The maximum absolute atomic E-state index is 13.3. The SMILES string of the molecule is Cc1noc2nc(-c3cccc(C(F)(F)F)c3)cc(C(=O)N3CCC(CCCO)C3)c12. The van der Waals surface area contributed by atoms with Gasteiger partial charge in [0.25, 0.3) is 11.6 Å². The van der Waals surface area contributed by atoms with Crippen molar-refractivity contribution in [3.8, 4) is 11.3 Å². The van der Waals surface area contributed by atoms with Crippen molar-refractivity contribution in [3.05, 3.63) is 47.2 Å². The number of carbonyl (C=O) groups excluding carboxylic acids is 1. The van der Waals surface area contributed by atoms with Crippen LogP contribution in [0.25, 0.3) is 22.4 Å². The van der Waals surface area contributed by atoms with Crippen molar-refractivity contribution < 1.29 is 27.6 Å². The van der Waals surface area contributed by atoms with Gasteiger partial charge in [-0.25, -0.2) is 4.98 Å². The number of halogens is 3. The smallest absolute Gasteiger partial charge is 0.396 e. The average molecular weight is 433 g/mol. The molecule has 1 amide bonds. The Kier molecular flexibility index (Phi) is 5.70. The van der Waals surface area contributed by atoms with Crippen molar-refractivity contribution in [2.75, 3.05) is 19.7 Å². The van der Waals surface area contributed by atoms with E-state index in [0.717, 1.165) is 25.0 Å². The summed E-state index contributed by atoms with van der Waals surface area (Å²) < 4.78 is 44.7. The van der Waals surface area contributed by atoms with Gasteiger partial charge in [-0.05, 0) is 50.3 Å². The molecule has 2 aromatic heterocycles. The molecular weight excluding hydrogens is 411 g/mol. The molecular formula is C22H22F3N3O3. The number of benzene rings is 1. The molecule has 1 saturated heterocycles. The third-order valence-electron chi connectivity index (χ3n) is 5.68. The standard InChI is InChI=1S/C22H22F3N3O3/c1-13-19-17(21(30)28-8-7-14(12-28)4-3-9-29)11-18(26-20(19)31-27-13)15-5-2-6-16(10-15)22(23,24)25/h2,5-6,10-11,14,29H,3-4,7-9,12H2,1H3. The summed E-state index contributed by atoms with van der Waals surface area (Å²) in [4.78, 5) is 19.4. The van der Waals surface area contributed by atoms with E-state index in [4.69, 9.17) is 9.63 Å². The second-order valence-corrected chi connectivity index (χ2v) is 7.85. The number of likely N-dealkylation sites (tertiary alicyclic amines) is 1. The monoisotopic (exact) mass is 433 g/mol. The maximum Gasteiger partial charge on any atom is 0.416 e. The van der Waals surface area contributed by atoms with E-state index in [0.29, 0.717) is 42.1 Å². The van der Waals surface area contributed by atoms with E-state index in [2.05, 4.69) is 10.1 Å². The zero-order valence-corrected chi connectivity index (χ0v) is 16.9. The molecule has 1 aliphatic rings. The molecule has 1 aliphatic heterocycles. The topological polar surface area (TPSA) is 79.5 Å². The molecule has 3 heterocycles. The zero-order chi connectivity index (χ0) is 22.2. The fourth-order valence-electron chi connectivity index (χ4n) is 4.07. The quantitative estimate of drug-likeness (QED) is 0.643. The molecule has 31 heavy (non-hydrogen) atoms. The largest absolute Gasteiger partial charge is 0.416 e. The van der Waals surface area contributed by atoms with Crippen LogP contribution in [0.1, 0.15) is 40.9 Å². The molecule has 1 aromatic carbocycles. The number of nitrogens with zero attached hydrogens (tertiary/aromatic N) is 3. The van der Waals surface area contributed by atoms with E-state index in [-0.39, 0.29) is 29.5 Å². The van der Waals surface area contributed by atoms with Crippen LogP contribution >= 0.6 is 0 Å². The predicted octanol–water partition coefficient (Wildman–Crippen LogP) is 4.45. The summed E-state index contributed by atoms with van der Waals surface area (Å²) in [5.74, 6) is 0.0957. The predicted molar refractivity (Wildman–Crippen MR) is 107 cm³/mol. The lowest BCUT2D eigenvalue weighted by Gasteiger charge is -2.18. The van der Waals surface area contributed by atoms with Gasteiger partial charge in [-0.2, -0.15) is 13.2 Å². The Labute approximate surface area is 176 Å². The number of pyridine rings is 1. The Bertz CT molecular complexity index is 1110. The van der Waals surface area contributed by atoms with Crippen molar-refractivity contribution in [2.24, 2.45) is 5.92 Å². The van der Waals surface area contributed by atoms with Gasteiger partial charge in [0.2, 0.25) is 0 Å². The maximum atomic E-state index is 13.3. The number of rotatable bonds is 5. The number of amides is 1. The van der Waals surface area contributed by atoms with Crippen molar-refractivity contribution in [2.45, 2.75) is 32.4 Å². The number of aliphatic hydroxyl groups is 1. The van der Waals surface area contributed by atoms with Crippen LogP contribution in [0, 0.1) is 12.8 Å². The zero-order valence-electron chi connectivity index (χ0n) is 16.9. The fourth-order valence-corrected chi connectivity index (χ4v) is 4.07. The van der Waals surface area contributed by atoms with Crippen LogP contribution in [0.3, 0.4) is 0 Å². The molecule has 4 rings (SSSR count). The number of alkyl halides is 3. The van der Waals surface area contributed by atoms with Gasteiger partial charge in [0.15, 0.2) is 0 Å². The number of aromatic nitrogens is 2. The lowest BCUT2D eigenvalue weighted by molar-refractivity contribution is -0.137. The summed E-state index contributed by atoms with van der Waals surface area (Å²) in [6.45, 7) is 2.98. The third kappa shape index (κ3) is 4.27. The second-order valence-electron chi connectivity index (χ2n) is 7.85. The summed E-state index contributed by atoms with van der Waals surface area (Å²) in [6.07, 6.45) is -2.10. The molecule has 1 unspecified atom stereocenters. The molecule has 6 nitrogen and oxygen atoms in total. The van der Waals surface area contributed by atoms with Crippen molar-refractivity contribution >= 4 is 17.0 Å². The second kappa shape index (κ2) is 8.30. The Morgan fingerprint density at radius 3 is 2.87 bits per heavy atom. The number of carbonyl (C=O) groups is 1. The van der Waals surface area contributed by atoms with Gasteiger partial charge in [-0.1, -0.05) is 17.3 Å². The van der Waals surface area contributed by atoms with Crippen molar-refractivity contribution in [1.29, 1.82) is 0 Å². The van der Waals surface area contributed by atoms with Gasteiger partial charge in [-0.15, -0.1) is 0 Å². The van der Waals surface area contributed by atoms with Crippen LogP contribution < -0.4 is 0 Å². The first-order valence-electron chi connectivity index (χ1n) is 10.1. The molecule has 0 bridgehead atoms. The van der Waals surface area contributed by atoms with Crippen LogP contribution in [-0.4, -0.2) is 45.8 Å². The molecule has 0 spiro atoms. The number of hydrogen-bond acceptors (Lipinski definition) is 5. The molecule has 1 atom stereocenters. The summed E-state index contributed by atoms with van der Waals surface area (Å²) >= 11 is 0. The molecule has 1 N–H and O–H groups in total.